The van der Waals surface area contributed by atoms with Gasteiger partial charge in [-0.1, -0.05) is 0 Å². The van der Waals surface area contributed by atoms with Gasteiger partial charge in [0.15, 0.2) is 5.69 Å². The molecule has 2 heterocycles. The van der Waals surface area contributed by atoms with E-state index < -0.39 is 5.97 Å². The molecule has 18 heavy (non-hydrogen) atoms. The fraction of sp³-hybridized carbons (Fsp3) is 0.500. The van der Waals surface area contributed by atoms with E-state index in [-0.39, 0.29) is 18.2 Å². The number of aliphatic carboxylic acids is 1. The summed E-state index contributed by atoms with van der Waals surface area (Å²) in [6, 6.07) is 1.89. The van der Waals surface area contributed by atoms with Crippen molar-refractivity contribution in [3.05, 3.63) is 18.1 Å². The molecule has 0 saturated carbocycles. The molecule has 94 valence electrons. The molecule has 0 aliphatic carbocycles. The number of nitriles is 1. The summed E-state index contributed by atoms with van der Waals surface area (Å²) < 4.78 is 0. The first-order chi connectivity index (χ1) is 8.70. The van der Waals surface area contributed by atoms with Gasteiger partial charge in [-0.25, -0.2) is 9.97 Å². The molecule has 6 nitrogen and oxygen atoms in total. The molecule has 0 radical (unpaired) electrons. The Morgan fingerprint density at radius 3 is 2.94 bits per heavy atom. The van der Waals surface area contributed by atoms with Crippen LogP contribution in [-0.4, -0.2) is 33.6 Å². The highest BCUT2D eigenvalue weighted by Crippen LogP contribution is 2.24. The van der Waals surface area contributed by atoms with Crippen molar-refractivity contribution in [3.8, 4) is 6.07 Å². The number of carbonyl (C=O) groups is 1. The van der Waals surface area contributed by atoms with Crippen LogP contribution in [0, 0.1) is 11.3 Å². The van der Waals surface area contributed by atoms with Gasteiger partial charge in [0.1, 0.15) is 11.9 Å². The Morgan fingerprint density at radius 1 is 1.50 bits per heavy atom. The Kier molecular flexibility index (Phi) is 3.72. The first-order valence-electron chi connectivity index (χ1n) is 5.91. The molecule has 0 amide bonds. The van der Waals surface area contributed by atoms with Crippen LogP contribution in [0.1, 0.15) is 31.4 Å². The van der Waals surface area contributed by atoms with Crippen molar-refractivity contribution >= 4 is 11.8 Å². The highest BCUT2D eigenvalue weighted by atomic mass is 16.4. The summed E-state index contributed by atoms with van der Waals surface area (Å²) in [6.45, 7) is 0.790. The topological polar surface area (TPSA) is 90.1 Å². The normalized spacial score (nSPS) is 19.3. The highest BCUT2D eigenvalue weighted by molar-refractivity contribution is 5.68. The molecule has 1 fully saturated rings. The van der Waals surface area contributed by atoms with Gasteiger partial charge in [-0.2, -0.15) is 5.26 Å². The molecular weight excluding hydrogens is 232 g/mol. The molecule has 1 aromatic rings. The van der Waals surface area contributed by atoms with E-state index in [1.807, 2.05) is 11.0 Å². The standard InChI is InChI=1S/C12H14N4O2/c13-6-9-7-15-11(8-14-9)16-4-2-1-3-10(16)5-12(17)18/h7-8,10H,1-5H2,(H,17,18). The number of hydrogen-bond donors (Lipinski definition) is 1. The summed E-state index contributed by atoms with van der Waals surface area (Å²) in [5, 5.41) is 17.6. The second kappa shape index (κ2) is 5.45. The van der Waals surface area contributed by atoms with Crippen LogP contribution in [0.15, 0.2) is 12.4 Å². The van der Waals surface area contributed by atoms with Gasteiger partial charge in [0.2, 0.25) is 0 Å². The van der Waals surface area contributed by atoms with Crippen molar-refractivity contribution in [2.24, 2.45) is 0 Å². The Morgan fingerprint density at radius 2 is 2.33 bits per heavy atom. The summed E-state index contributed by atoms with van der Waals surface area (Å²) in [6.07, 6.45) is 5.99. The molecule has 1 aliphatic rings. The molecule has 6 heteroatoms. The Hall–Kier alpha value is -2.16. The van der Waals surface area contributed by atoms with Gasteiger partial charge in [0.25, 0.3) is 0 Å². The van der Waals surface area contributed by atoms with Crippen LogP contribution in [0.4, 0.5) is 5.82 Å². The molecule has 1 aromatic heterocycles. The van der Waals surface area contributed by atoms with E-state index in [4.69, 9.17) is 10.4 Å². The van der Waals surface area contributed by atoms with Crippen molar-refractivity contribution < 1.29 is 9.90 Å². The monoisotopic (exact) mass is 246 g/mol. The third-order valence-corrected chi connectivity index (χ3v) is 3.08. The van der Waals surface area contributed by atoms with Gasteiger partial charge in [-0.15, -0.1) is 0 Å². The van der Waals surface area contributed by atoms with Crippen molar-refractivity contribution in [2.45, 2.75) is 31.7 Å². The average Bonchev–Trinajstić information content (AvgIpc) is 2.39. The quantitative estimate of drug-likeness (QED) is 0.861. The van der Waals surface area contributed by atoms with Crippen LogP contribution in [0.25, 0.3) is 0 Å². The van der Waals surface area contributed by atoms with E-state index in [2.05, 4.69) is 9.97 Å². The van der Waals surface area contributed by atoms with Crippen LogP contribution >= 0.6 is 0 Å². The summed E-state index contributed by atoms with van der Waals surface area (Å²) in [4.78, 5) is 21.0. The van der Waals surface area contributed by atoms with E-state index in [0.29, 0.717) is 5.82 Å². The summed E-state index contributed by atoms with van der Waals surface area (Å²) in [5.41, 5.74) is 0.269. The van der Waals surface area contributed by atoms with Gasteiger partial charge >= 0.3 is 5.97 Å². The zero-order valence-electron chi connectivity index (χ0n) is 9.91. The van der Waals surface area contributed by atoms with Crippen molar-refractivity contribution in [1.82, 2.24) is 9.97 Å². The maximum atomic E-state index is 10.8. The largest absolute Gasteiger partial charge is 0.481 e. The van der Waals surface area contributed by atoms with E-state index in [9.17, 15) is 4.79 Å². The molecule has 0 aromatic carbocycles. The molecule has 1 N–H and O–H groups in total. The van der Waals surface area contributed by atoms with Crippen LogP contribution in [-0.2, 0) is 4.79 Å². The molecule has 1 atom stereocenters. The smallest absolute Gasteiger partial charge is 0.305 e. The van der Waals surface area contributed by atoms with Crippen molar-refractivity contribution in [1.29, 1.82) is 5.26 Å². The number of carboxylic acid groups (broad SMARTS) is 1. The number of nitrogens with zero attached hydrogens (tertiary/aromatic N) is 4. The lowest BCUT2D eigenvalue weighted by atomic mass is 9.99. The van der Waals surface area contributed by atoms with Crippen LogP contribution in [0.3, 0.4) is 0 Å². The van der Waals surface area contributed by atoms with Crippen LogP contribution < -0.4 is 4.90 Å². The molecule has 1 saturated heterocycles. The lowest BCUT2D eigenvalue weighted by Crippen LogP contribution is -2.41. The summed E-state index contributed by atoms with van der Waals surface area (Å²) >= 11 is 0. The zero-order chi connectivity index (χ0) is 13.0. The molecule has 2 rings (SSSR count). The SMILES string of the molecule is N#Cc1cnc(N2CCCCC2CC(=O)O)cn1. The number of aromatic nitrogens is 2. The number of piperidine rings is 1. The predicted molar refractivity (Wildman–Crippen MR) is 64.0 cm³/mol. The van der Waals surface area contributed by atoms with E-state index in [1.54, 1.807) is 6.20 Å². The number of anilines is 1. The van der Waals surface area contributed by atoms with E-state index >= 15 is 0 Å². The first-order valence-corrected chi connectivity index (χ1v) is 5.91. The minimum atomic E-state index is -0.798. The molecule has 0 bridgehead atoms. The lowest BCUT2D eigenvalue weighted by molar-refractivity contribution is -0.137. The Bertz CT molecular complexity index is 466. The molecule has 1 unspecified atom stereocenters. The second-order valence-corrected chi connectivity index (χ2v) is 4.31. The number of rotatable bonds is 3. The average molecular weight is 246 g/mol. The van der Waals surface area contributed by atoms with Gasteiger partial charge < -0.3 is 10.0 Å². The maximum Gasteiger partial charge on any atom is 0.305 e. The predicted octanol–water partition coefficient (Wildman–Crippen LogP) is 1.18. The molecule has 1 aliphatic heterocycles. The van der Waals surface area contributed by atoms with Crippen molar-refractivity contribution in [3.63, 3.8) is 0 Å². The van der Waals surface area contributed by atoms with Gasteiger partial charge in [0.05, 0.1) is 18.8 Å². The summed E-state index contributed by atoms with van der Waals surface area (Å²) in [7, 11) is 0. The third-order valence-electron chi connectivity index (χ3n) is 3.08. The van der Waals surface area contributed by atoms with E-state index in [0.717, 1.165) is 25.8 Å². The minimum absolute atomic E-state index is 0.0292. The van der Waals surface area contributed by atoms with Gasteiger partial charge in [0, 0.05) is 12.6 Å². The van der Waals surface area contributed by atoms with Crippen molar-refractivity contribution in [2.75, 3.05) is 11.4 Å². The number of hydrogen-bond acceptors (Lipinski definition) is 5. The fourth-order valence-corrected chi connectivity index (χ4v) is 2.24. The van der Waals surface area contributed by atoms with Crippen LogP contribution in [0.2, 0.25) is 0 Å². The van der Waals surface area contributed by atoms with Gasteiger partial charge in [-0.05, 0) is 19.3 Å². The van der Waals surface area contributed by atoms with Crippen LogP contribution in [0.5, 0.6) is 0 Å². The first kappa shape index (κ1) is 12.3. The fourth-order valence-electron chi connectivity index (χ4n) is 2.24. The summed E-state index contributed by atoms with van der Waals surface area (Å²) in [5.74, 6) is -0.145. The zero-order valence-corrected chi connectivity index (χ0v) is 9.91. The maximum absolute atomic E-state index is 10.8. The van der Waals surface area contributed by atoms with E-state index in [1.165, 1.54) is 6.20 Å². The highest BCUT2D eigenvalue weighted by Gasteiger charge is 2.25. The minimum Gasteiger partial charge on any atom is -0.481 e. The van der Waals surface area contributed by atoms with Gasteiger partial charge in [-0.3, -0.25) is 4.79 Å². The lowest BCUT2D eigenvalue weighted by Gasteiger charge is -2.35. The Labute approximate surface area is 105 Å². The third kappa shape index (κ3) is 2.74. The molecular formula is C12H14N4O2. The second-order valence-electron chi connectivity index (χ2n) is 4.31. The Balaban J connectivity index is 2.17. The number of carboxylic acids is 1. The molecule has 0 spiro atoms.